The molecular formula is C12H17N5O4S. The highest BCUT2D eigenvalue weighted by Crippen LogP contribution is 2.17. The molecular weight excluding hydrogens is 310 g/mol. The monoisotopic (exact) mass is 327 g/mol. The van der Waals surface area contributed by atoms with E-state index in [1.54, 1.807) is 14.0 Å². The Labute approximate surface area is 127 Å². The van der Waals surface area contributed by atoms with Gasteiger partial charge in [0.2, 0.25) is 0 Å². The quantitative estimate of drug-likeness (QED) is 0.779. The number of aryl methyl sites for hydroxylation is 2. The van der Waals surface area contributed by atoms with E-state index in [0.717, 1.165) is 0 Å². The standard InChI is InChI=1S/C12H17N5O4S/c1-4-17-8-11(13-15-17)14-22(19,20)9-6-10(16(3)7-9)12(18)21-5-2/h6-8,14H,4-5H2,1-3H3. The van der Waals surface area contributed by atoms with Crippen LogP contribution in [0, 0.1) is 0 Å². The predicted molar refractivity (Wildman–Crippen MR) is 77.9 cm³/mol. The van der Waals surface area contributed by atoms with Crippen molar-refractivity contribution < 1.29 is 17.9 Å². The van der Waals surface area contributed by atoms with Gasteiger partial charge in [-0.25, -0.2) is 13.2 Å². The van der Waals surface area contributed by atoms with Gasteiger partial charge in [-0.2, -0.15) is 0 Å². The molecule has 9 nitrogen and oxygen atoms in total. The van der Waals surface area contributed by atoms with Crippen LogP contribution in [0.25, 0.3) is 0 Å². The van der Waals surface area contributed by atoms with Crippen LogP contribution < -0.4 is 4.72 Å². The van der Waals surface area contributed by atoms with Gasteiger partial charge in [-0.1, -0.05) is 5.21 Å². The summed E-state index contributed by atoms with van der Waals surface area (Å²) in [5, 5.41) is 7.46. The average molecular weight is 327 g/mol. The Bertz CT molecular complexity index is 777. The molecule has 0 radical (unpaired) electrons. The first-order chi connectivity index (χ1) is 10.4. The van der Waals surface area contributed by atoms with E-state index in [-0.39, 0.29) is 23.0 Å². The lowest BCUT2D eigenvalue weighted by atomic mass is 10.4. The number of hydrogen-bond acceptors (Lipinski definition) is 6. The maximum atomic E-state index is 12.3. The third kappa shape index (κ3) is 3.27. The largest absolute Gasteiger partial charge is 0.461 e. The van der Waals surface area contributed by atoms with Gasteiger partial charge >= 0.3 is 5.97 Å². The Morgan fingerprint density at radius 1 is 1.36 bits per heavy atom. The van der Waals surface area contributed by atoms with Gasteiger partial charge < -0.3 is 9.30 Å². The molecule has 0 aliphatic rings. The van der Waals surface area contributed by atoms with Crippen molar-refractivity contribution in [2.75, 3.05) is 11.3 Å². The number of carbonyl (C=O) groups excluding carboxylic acids is 1. The predicted octanol–water partition coefficient (Wildman–Crippen LogP) is 0.614. The van der Waals surface area contributed by atoms with Gasteiger partial charge in [-0.3, -0.25) is 9.40 Å². The van der Waals surface area contributed by atoms with E-state index < -0.39 is 16.0 Å². The fourth-order valence-corrected chi connectivity index (χ4v) is 2.84. The van der Waals surface area contributed by atoms with Crippen LogP contribution >= 0.6 is 0 Å². The fraction of sp³-hybridized carbons (Fsp3) is 0.417. The molecule has 22 heavy (non-hydrogen) atoms. The van der Waals surface area contributed by atoms with E-state index in [1.807, 2.05) is 6.92 Å². The number of hydrogen-bond donors (Lipinski definition) is 1. The molecule has 0 aliphatic carbocycles. The molecule has 2 rings (SSSR count). The van der Waals surface area contributed by atoms with Crippen LogP contribution in [-0.4, -0.2) is 40.6 Å². The van der Waals surface area contributed by atoms with Crippen LogP contribution in [0.15, 0.2) is 23.4 Å². The third-order valence-electron chi connectivity index (χ3n) is 2.88. The summed E-state index contributed by atoms with van der Waals surface area (Å²) in [5.74, 6) is -0.466. The maximum Gasteiger partial charge on any atom is 0.354 e. The van der Waals surface area contributed by atoms with Crippen molar-refractivity contribution in [1.82, 2.24) is 19.6 Å². The van der Waals surface area contributed by atoms with Gasteiger partial charge in [-0.05, 0) is 19.9 Å². The summed E-state index contributed by atoms with van der Waals surface area (Å²) in [7, 11) is -2.28. The minimum Gasteiger partial charge on any atom is -0.461 e. The zero-order chi connectivity index (χ0) is 16.3. The highest BCUT2D eigenvalue weighted by atomic mass is 32.2. The van der Waals surface area contributed by atoms with Gasteiger partial charge in [0.05, 0.1) is 12.8 Å². The second kappa shape index (κ2) is 6.18. The van der Waals surface area contributed by atoms with Gasteiger partial charge in [0.15, 0.2) is 5.82 Å². The highest BCUT2D eigenvalue weighted by molar-refractivity contribution is 7.92. The van der Waals surface area contributed by atoms with Crippen molar-refractivity contribution >= 4 is 21.8 Å². The van der Waals surface area contributed by atoms with Crippen LogP contribution in [0.2, 0.25) is 0 Å². The Kier molecular flexibility index (Phi) is 4.50. The molecule has 0 saturated heterocycles. The molecule has 10 heteroatoms. The van der Waals surface area contributed by atoms with Gasteiger partial charge in [0.1, 0.15) is 10.6 Å². The summed E-state index contributed by atoms with van der Waals surface area (Å²) in [5.41, 5.74) is 0.152. The summed E-state index contributed by atoms with van der Waals surface area (Å²) < 4.78 is 34.7. The number of carbonyl (C=O) groups is 1. The summed E-state index contributed by atoms with van der Waals surface area (Å²) in [6.07, 6.45) is 2.81. The molecule has 120 valence electrons. The maximum absolute atomic E-state index is 12.3. The van der Waals surface area contributed by atoms with Crippen molar-refractivity contribution in [3.63, 3.8) is 0 Å². The first-order valence-electron chi connectivity index (χ1n) is 6.63. The van der Waals surface area contributed by atoms with E-state index in [0.29, 0.717) is 6.54 Å². The number of anilines is 1. The van der Waals surface area contributed by atoms with E-state index in [4.69, 9.17) is 4.74 Å². The smallest absolute Gasteiger partial charge is 0.354 e. The molecule has 0 fully saturated rings. The van der Waals surface area contributed by atoms with Crippen LogP contribution in [0.5, 0.6) is 0 Å². The Morgan fingerprint density at radius 2 is 2.09 bits per heavy atom. The molecule has 2 heterocycles. The summed E-state index contributed by atoms with van der Waals surface area (Å²) >= 11 is 0. The second-order valence-electron chi connectivity index (χ2n) is 4.46. The number of sulfonamides is 1. The van der Waals surface area contributed by atoms with E-state index in [1.165, 1.54) is 27.7 Å². The van der Waals surface area contributed by atoms with Crippen molar-refractivity contribution in [2.24, 2.45) is 7.05 Å². The second-order valence-corrected chi connectivity index (χ2v) is 6.14. The number of rotatable bonds is 6. The minimum atomic E-state index is -3.85. The van der Waals surface area contributed by atoms with Crippen LogP contribution in [0.4, 0.5) is 5.82 Å². The lowest BCUT2D eigenvalue weighted by Crippen LogP contribution is -2.12. The van der Waals surface area contributed by atoms with Crippen molar-refractivity contribution in [1.29, 1.82) is 0 Å². The molecule has 2 aromatic heterocycles. The summed E-state index contributed by atoms with van der Waals surface area (Å²) in [4.78, 5) is 11.7. The minimum absolute atomic E-state index is 0.0518. The van der Waals surface area contributed by atoms with E-state index >= 15 is 0 Å². The highest BCUT2D eigenvalue weighted by Gasteiger charge is 2.22. The molecule has 0 aromatic carbocycles. The lowest BCUT2D eigenvalue weighted by molar-refractivity contribution is 0.0515. The molecule has 0 unspecified atom stereocenters. The number of ether oxygens (including phenoxy) is 1. The van der Waals surface area contributed by atoms with Crippen molar-refractivity contribution in [3.8, 4) is 0 Å². The molecule has 0 spiro atoms. The van der Waals surface area contributed by atoms with Crippen molar-refractivity contribution in [3.05, 3.63) is 24.2 Å². The first-order valence-corrected chi connectivity index (χ1v) is 8.12. The molecule has 0 saturated carbocycles. The molecule has 2 aromatic rings. The molecule has 0 amide bonds. The topological polar surface area (TPSA) is 108 Å². The van der Waals surface area contributed by atoms with Crippen LogP contribution in [0.3, 0.4) is 0 Å². The normalized spacial score (nSPS) is 11.4. The lowest BCUT2D eigenvalue weighted by Gasteiger charge is -2.01. The SMILES string of the molecule is CCOC(=O)c1cc(S(=O)(=O)Nc2cn(CC)nn2)cn1C. The average Bonchev–Trinajstić information content (AvgIpc) is 3.05. The molecule has 0 bridgehead atoms. The fourth-order valence-electron chi connectivity index (χ4n) is 1.79. The Morgan fingerprint density at radius 3 is 2.68 bits per heavy atom. The number of aromatic nitrogens is 4. The van der Waals surface area contributed by atoms with E-state index in [2.05, 4.69) is 15.0 Å². The zero-order valence-electron chi connectivity index (χ0n) is 12.5. The number of nitrogens with one attached hydrogen (secondary N) is 1. The van der Waals surface area contributed by atoms with Crippen molar-refractivity contribution in [2.45, 2.75) is 25.3 Å². The van der Waals surface area contributed by atoms with E-state index in [9.17, 15) is 13.2 Å². The van der Waals surface area contributed by atoms with Gasteiger partial charge in [-0.15, -0.1) is 5.10 Å². The first kappa shape index (κ1) is 16.0. The zero-order valence-corrected chi connectivity index (χ0v) is 13.3. The summed E-state index contributed by atoms with van der Waals surface area (Å²) in [6, 6.07) is 1.25. The summed E-state index contributed by atoms with van der Waals surface area (Å²) in [6.45, 7) is 4.32. The molecule has 0 aliphatic heterocycles. The molecule has 1 N–H and O–H groups in total. The Hall–Kier alpha value is -2.36. The number of esters is 1. The third-order valence-corrected chi connectivity index (χ3v) is 4.20. The molecule has 0 atom stereocenters. The number of nitrogens with zero attached hydrogens (tertiary/aromatic N) is 4. The van der Waals surface area contributed by atoms with Crippen LogP contribution in [0.1, 0.15) is 24.3 Å². The van der Waals surface area contributed by atoms with Gasteiger partial charge in [0, 0.05) is 19.8 Å². The van der Waals surface area contributed by atoms with Gasteiger partial charge in [0.25, 0.3) is 10.0 Å². The van der Waals surface area contributed by atoms with Crippen LogP contribution in [-0.2, 0) is 28.4 Å². The Balaban J connectivity index is 2.26.